The Balaban J connectivity index is 4.30. The van der Waals surface area contributed by atoms with Crippen LogP contribution < -0.4 is 10.0 Å². The zero-order valence-corrected chi connectivity index (χ0v) is 9.78. The highest BCUT2D eigenvalue weighted by atomic mass is 32.1. The van der Waals surface area contributed by atoms with E-state index in [0.29, 0.717) is 0 Å². The molecule has 1 atom stereocenters. The van der Waals surface area contributed by atoms with Crippen LogP contribution in [0.3, 0.4) is 0 Å². The van der Waals surface area contributed by atoms with Crippen molar-refractivity contribution in [3.8, 4) is 0 Å². The summed E-state index contributed by atoms with van der Waals surface area (Å²) in [6, 6.07) is -1.26. The minimum absolute atomic E-state index is 0.0726. The number of ketones is 1. The van der Waals surface area contributed by atoms with E-state index in [-0.39, 0.29) is 6.54 Å². The third-order valence-electron chi connectivity index (χ3n) is 1.82. The molecule has 4 nitrogen and oxygen atoms in total. The fourth-order valence-electron chi connectivity index (χ4n) is 0.972. The van der Waals surface area contributed by atoms with Gasteiger partial charge in [0.2, 0.25) is 5.78 Å². The first kappa shape index (κ1) is 16.0. The van der Waals surface area contributed by atoms with E-state index < -0.39 is 36.8 Å². The number of amides is 1. The summed E-state index contributed by atoms with van der Waals surface area (Å²) in [5.41, 5.74) is 0. The Hall–Kier alpha value is -1.02. The molecule has 98 valence electrons. The quantitative estimate of drug-likeness (QED) is 0.367. The molecule has 1 amide bonds. The lowest BCUT2D eigenvalue weighted by Crippen LogP contribution is -2.43. The van der Waals surface area contributed by atoms with Gasteiger partial charge in [0.15, 0.2) is 0 Å². The summed E-state index contributed by atoms with van der Waals surface area (Å²) in [6.07, 6.45) is -4.72. The molecule has 0 aromatic heterocycles. The van der Waals surface area contributed by atoms with Crippen molar-refractivity contribution in [1.29, 1.82) is 0 Å². The average molecular weight is 270 g/mol. The van der Waals surface area contributed by atoms with Gasteiger partial charge >= 0.3 is 6.18 Å². The number of carbonyl (C=O) groups excluding carboxylic acids is 2. The molecular weight excluding hydrogens is 257 g/mol. The van der Waals surface area contributed by atoms with Crippen molar-refractivity contribution >= 4 is 24.5 Å². The van der Waals surface area contributed by atoms with E-state index in [4.69, 9.17) is 0 Å². The van der Waals surface area contributed by atoms with Crippen LogP contribution in [0.1, 0.15) is 12.8 Å². The molecule has 17 heavy (non-hydrogen) atoms. The van der Waals surface area contributed by atoms with Gasteiger partial charge in [0.1, 0.15) is 0 Å². The number of hydrogen-bond donors (Lipinski definition) is 3. The fraction of sp³-hybridized carbons (Fsp3) is 0.556. The first-order valence-corrected chi connectivity index (χ1v) is 5.16. The second kappa shape index (κ2) is 7.33. The van der Waals surface area contributed by atoms with Gasteiger partial charge in [-0.3, -0.25) is 14.3 Å². The molecule has 2 N–H and O–H groups in total. The summed E-state index contributed by atoms with van der Waals surface area (Å²) in [7, 11) is 0. The zero-order valence-electron chi connectivity index (χ0n) is 8.88. The molecule has 0 aromatic carbocycles. The van der Waals surface area contributed by atoms with E-state index in [1.807, 2.05) is 0 Å². The van der Waals surface area contributed by atoms with E-state index in [9.17, 15) is 22.8 Å². The van der Waals surface area contributed by atoms with Crippen LogP contribution in [0, 0.1) is 0 Å². The topological polar surface area (TPSA) is 58.2 Å². The largest absolute Gasteiger partial charge is 0.389 e. The van der Waals surface area contributed by atoms with E-state index in [0.717, 1.165) is 0 Å². The number of halogens is 3. The summed E-state index contributed by atoms with van der Waals surface area (Å²) in [5.74, 6) is -1.94. The van der Waals surface area contributed by atoms with Crippen molar-refractivity contribution in [3.05, 3.63) is 12.7 Å². The molecule has 0 heterocycles. The average Bonchev–Trinajstić information content (AvgIpc) is 2.24. The first-order chi connectivity index (χ1) is 7.81. The van der Waals surface area contributed by atoms with Crippen LogP contribution in [-0.4, -0.2) is 30.5 Å². The Bertz CT molecular complexity index is 294. The summed E-state index contributed by atoms with van der Waals surface area (Å²) >= 11 is 3.53. The number of carbonyl (C=O) groups is 2. The highest BCUT2D eigenvalue weighted by Gasteiger charge is 2.31. The van der Waals surface area contributed by atoms with Crippen LogP contribution in [0.25, 0.3) is 0 Å². The van der Waals surface area contributed by atoms with Crippen molar-refractivity contribution in [2.75, 3.05) is 6.54 Å². The Morgan fingerprint density at radius 3 is 2.41 bits per heavy atom. The molecule has 0 fully saturated rings. The van der Waals surface area contributed by atoms with Crippen molar-refractivity contribution in [2.45, 2.75) is 25.1 Å². The lowest BCUT2D eigenvalue weighted by atomic mass is 10.1. The number of alkyl halides is 3. The second-order valence-corrected chi connectivity index (χ2v) is 3.46. The molecule has 0 saturated carbocycles. The number of nitrogens with one attached hydrogen (secondary N) is 2. The number of rotatable bonds is 7. The Labute approximate surface area is 102 Å². The Morgan fingerprint density at radius 1 is 1.41 bits per heavy atom. The van der Waals surface area contributed by atoms with E-state index >= 15 is 0 Å². The van der Waals surface area contributed by atoms with Gasteiger partial charge in [-0.25, -0.2) is 0 Å². The predicted molar refractivity (Wildman–Crippen MR) is 59.4 cm³/mol. The van der Waals surface area contributed by atoms with Crippen LogP contribution in [0.15, 0.2) is 12.7 Å². The van der Waals surface area contributed by atoms with Gasteiger partial charge < -0.3 is 5.32 Å². The molecule has 0 aliphatic heterocycles. The van der Waals surface area contributed by atoms with Gasteiger partial charge in [0, 0.05) is 13.0 Å². The summed E-state index contributed by atoms with van der Waals surface area (Å²) in [6.45, 7) is 3.39. The number of Topliss-reactive ketones (excluding diaryl/α,β-unsaturated/α-hetero) is 1. The van der Waals surface area contributed by atoms with E-state index in [1.165, 1.54) is 6.08 Å². The predicted octanol–water partition coefficient (Wildman–Crippen LogP) is 1.00. The molecule has 0 bridgehead atoms. The molecular formula is C9H13F3N2O2S. The third kappa shape index (κ3) is 7.01. The molecule has 0 saturated heterocycles. The second-order valence-electron chi connectivity index (χ2n) is 3.20. The van der Waals surface area contributed by atoms with Gasteiger partial charge in [0.05, 0.1) is 6.04 Å². The third-order valence-corrected chi connectivity index (χ3v) is 2.13. The smallest absolute Gasteiger partial charge is 0.346 e. The maximum atomic E-state index is 11.9. The van der Waals surface area contributed by atoms with Crippen LogP contribution >= 0.6 is 12.8 Å². The molecule has 0 aromatic rings. The fourth-order valence-corrected chi connectivity index (χ4v) is 1.22. The lowest BCUT2D eigenvalue weighted by Gasteiger charge is -2.14. The van der Waals surface area contributed by atoms with Gasteiger partial charge in [-0.2, -0.15) is 13.2 Å². The van der Waals surface area contributed by atoms with Gasteiger partial charge in [0.25, 0.3) is 5.91 Å². The van der Waals surface area contributed by atoms with Crippen molar-refractivity contribution < 1.29 is 22.8 Å². The van der Waals surface area contributed by atoms with Gasteiger partial charge in [-0.15, -0.1) is 6.58 Å². The minimum atomic E-state index is -4.37. The van der Waals surface area contributed by atoms with Crippen molar-refractivity contribution in [3.63, 3.8) is 0 Å². The molecule has 0 rings (SSSR count). The SMILES string of the molecule is C=CCNC(=O)C(=O)C(CCC(F)(F)F)NS. The maximum Gasteiger partial charge on any atom is 0.389 e. The number of hydrogen-bond acceptors (Lipinski definition) is 4. The standard InChI is InChI=1S/C9H13F3N2O2S/c1-2-5-13-8(16)7(15)6(14-17)3-4-9(10,11)12/h2,6,14,17H,1,3-5H2,(H,13,16). The van der Waals surface area contributed by atoms with Gasteiger partial charge in [-0.05, 0) is 6.42 Å². The molecule has 1 unspecified atom stereocenters. The van der Waals surface area contributed by atoms with Crippen LogP contribution in [0.5, 0.6) is 0 Å². The minimum Gasteiger partial charge on any atom is -0.346 e. The van der Waals surface area contributed by atoms with Crippen molar-refractivity contribution in [2.24, 2.45) is 0 Å². The number of thiol groups is 1. The summed E-state index contributed by atoms with van der Waals surface area (Å²) in [5, 5.41) is 2.18. The molecule has 0 aliphatic carbocycles. The van der Waals surface area contributed by atoms with E-state index in [2.05, 4.69) is 29.4 Å². The molecule has 8 heteroatoms. The van der Waals surface area contributed by atoms with Crippen molar-refractivity contribution in [1.82, 2.24) is 10.0 Å². The summed E-state index contributed by atoms with van der Waals surface area (Å²) in [4.78, 5) is 22.5. The summed E-state index contributed by atoms with van der Waals surface area (Å²) < 4.78 is 37.9. The molecule has 0 spiro atoms. The highest BCUT2D eigenvalue weighted by Crippen LogP contribution is 2.22. The Kier molecular flexibility index (Phi) is 6.89. The Morgan fingerprint density at radius 2 is 2.00 bits per heavy atom. The zero-order chi connectivity index (χ0) is 13.5. The molecule has 0 aliphatic rings. The first-order valence-electron chi connectivity index (χ1n) is 4.71. The maximum absolute atomic E-state index is 11.9. The molecule has 0 radical (unpaired) electrons. The van der Waals surface area contributed by atoms with Crippen LogP contribution in [0.2, 0.25) is 0 Å². The van der Waals surface area contributed by atoms with Gasteiger partial charge in [-0.1, -0.05) is 18.9 Å². The monoisotopic (exact) mass is 270 g/mol. The van der Waals surface area contributed by atoms with E-state index in [1.54, 1.807) is 0 Å². The highest BCUT2D eigenvalue weighted by molar-refractivity contribution is 7.78. The van der Waals surface area contributed by atoms with Crippen LogP contribution in [-0.2, 0) is 9.59 Å². The normalized spacial score (nSPS) is 12.9. The lowest BCUT2D eigenvalue weighted by molar-refractivity contribution is -0.143. The van der Waals surface area contributed by atoms with Crippen LogP contribution in [0.4, 0.5) is 13.2 Å².